The summed E-state index contributed by atoms with van der Waals surface area (Å²) in [5.41, 5.74) is 2.62. The molecule has 2 amide bonds. The van der Waals surface area contributed by atoms with Crippen LogP contribution in [0.5, 0.6) is 0 Å². The molecule has 2 fully saturated rings. The minimum absolute atomic E-state index is 0.0751. The van der Waals surface area contributed by atoms with Crippen molar-refractivity contribution in [2.24, 2.45) is 5.92 Å². The lowest BCUT2D eigenvalue weighted by atomic mass is 10.1. The first-order chi connectivity index (χ1) is 13.0. The van der Waals surface area contributed by atoms with Crippen LogP contribution in [0.4, 0.5) is 0 Å². The van der Waals surface area contributed by atoms with Crippen LogP contribution in [0.25, 0.3) is 5.78 Å². The minimum Gasteiger partial charge on any atom is -0.339 e. The van der Waals surface area contributed by atoms with E-state index in [9.17, 15) is 9.59 Å². The van der Waals surface area contributed by atoms with Crippen molar-refractivity contribution >= 4 is 29.4 Å². The monoisotopic (exact) mass is 388 g/mol. The zero-order chi connectivity index (χ0) is 19.1. The first-order valence-electron chi connectivity index (χ1n) is 9.31. The maximum absolute atomic E-state index is 12.8. The van der Waals surface area contributed by atoms with Gasteiger partial charge < -0.3 is 9.80 Å². The maximum atomic E-state index is 12.8. The Balaban J connectivity index is 1.46. The third-order valence-corrected chi connectivity index (χ3v) is 5.95. The Kier molecular flexibility index (Phi) is 4.79. The fourth-order valence-corrected chi connectivity index (χ4v) is 3.90. The second-order valence-electron chi connectivity index (χ2n) is 7.23. The Hall–Kier alpha value is -2.16. The van der Waals surface area contributed by atoms with Crippen molar-refractivity contribution in [1.29, 1.82) is 0 Å². The number of aryl methyl sites for hydroxylation is 2. The average Bonchev–Trinajstić information content (AvgIpc) is 3.44. The van der Waals surface area contributed by atoms with Crippen LogP contribution in [0.1, 0.15) is 29.8 Å². The van der Waals surface area contributed by atoms with Gasteiger partial charge in [0.15, 0.2) is 0 Å². The number of piperazine rings is 1. The van der Waals surface area contributed by atoms with E-state index in [0.29, 0.717) is 43.5 Å². The summed E-state index contributed by atoms with van der Waals surface area (Å²) in [5.74, 6) is 1.15. The van der Waals surface area contributed by atoms with Crippen molar-refractivity contribution < 1.29 is 9.59 Å². The van der Waals surface area contributed by atoms with E-state index in [1.165, 1.54) is 11.8 Å². The highest BCUT2D eigenvalue weighted by Crippen LogP contribution is 2.31. The number of carbonyl (C=O) groups excluding carboxylic acids is 2. The number of amides is 2. The first kappa shape index (κ1) is 18.2. The molecule has 1 saturated heterocycles. The van der Waals surface area contributed by atoms with Gasteiger partial charge in [0.25, 0.3) is 5.78 Å². The van der Waals surface area contributed by atoms with E-state index >= 15 is 0 Å². The molecule has 0 unspecified atom stereocenters. The first-order valence-corrected chi connectivity index (χ1v) is 10.5. The van der Waals surface area contributed by atoms with Crippen molar-refractivity contribution in [3.05, 3.63) is 17.0 Å². The lowest BCUT2D eigenvalue weighted by Crippen LogP contribution is -2.51. The van der Waals surface area contributed by atoms with E-state index in [0.717, 1.165) is 29.8 Å². The van der Waals surface area contributed by atoms with E-state index in [1.807, 2.05) is 29.9 Å². The summed E-state index contributed by atoms with van der Waals surface area (Å²) in [6.45, 7) is 6.34. The summed E-state index contributed by atoms with van der Waals surface area (Å²) in [7, 11) is 0. The number of hydrogen-bond acceptors (Lipinski definition) is 6. The molecule has 0 aromatic carbocycles. The van der Waals surface area contributed by atoms with Crippen LogP contribution in [0.2, 0.25) is 0 Å². The molecule has 144 valence electrons. The molecule has 4 rings (SSSR count). The largest absolute Gasteiger partial charge is 0.339 e. The molecule has 1 saturated carbocycles. The second kappa shape index (κ2) is 7.10. The summed E-state index contributed by atoms with van der Waals surface area (Å²) in [5, 5.41) is 5.11. The van der Waals surface area contributed by atoms with E-state index in [4.69, 9.17) is 0 Å². The number of hydrogen-bond donors (Lipinski definition) is 0. The molecule has 0 radical (unpaired) electrons. The Morgan fingerprint density at radius 2 is 1.74 bits per heavy atom. The molecule has 9 heteroatoms. The molecule has 2 aliphatic rings. The van der Waals surface area contributed by atoms with Gasteiger partial charge in [0, 0.05) is 49.0 Å². The normalized spacial score (nSPS) is 17.6. The maximum Gasteiger partial charge on any atom is 0.253 e. The molecule has 27 heavy (non-hydrogen) atoms. The minimum atomic E-state index is 0.0751. The van der Waals surface area contributed by atoms with Crippen molar-refractivity contribution in [3.8, 4) is 0 Å². The molecule has 2 aromatic rings. The molecular formula is C18H24N6O2S. The summed E-state index contributed by atoms with van der Waals surface area (Å²) in [6, 6.07) is 0. The molecule has 1 aliphatic heterocycles. The number of fused-ring (bicyclic) bond motifs is 1. The van der Waals surface area contributed by atoms with Crippen LogP contribution >= 0.6 is 11.8 Å². The van der Waals surface area contributed by atoms with Gasteiger partial charge in [0.2, 0.25) is 17.0 Å². The predicted molar refractivity (Wildman–Crippen MR) is 102 cm³/mol. The Labute approximate surface area is 162 Å². The number of thioether (sulfide) groups is 1. The molecule has 3 heterocycles. The van der Waals surface area contributed by atoms with Gasteiger partial charge in [-0.15, -0.1) is 5.10 Å². The topological polar surface area (TPSA) is 83.7 Å². The number of aromatic nitrogens is 4. The highest BCUT2D eigenvalue weighted by molar-refractivity contribution is 7.98. The van der Waals surface area contributed by atoms with Crippen molar-refractivity contribution in [1.82, 2.24) is 29.4 Å². The lowest BCUT2D eigenvalue weighted by molar-refractivity contribution is -0.140. The van der Waals surface area contributed by atoms with E-state index in [1.54, 1.807) is 4.52 Å². The van der Waals surface area contributed by atoms with Gasteiger partial charge >= 0.3 is 0 Å². The molecular weight excluding hydrogens is 364 g/mol. The Bertz CT molecular complexity index is 899. The molecule has 0 spiro atoms. The van der Waals surface area contributed by atoms with Crippen LogP contribution in [0.3, 0.4) is 0 Å². The quantitative estimate of drug-likeness (QED) is 0.729. The van der Waals surface area contributed by atoms with E-state index in [2.05, 4.69) is 15.1 Å². The number of nitrogens with zero attached hydrogens (tertiary/aromatic N) is 6. The van der Waals surface area contributed by atoms with Crippen molar-refractivity contribution in [2.45, 2.75) is 38.3 Å². The van der Waals surface area contributed by atoms with Crippen LogP contribution in [0, 0.1) is 19.8 Å². The molecule has 0 atom stereocenters. The van der Waals surface area contributed by atoms with Gasteiger partial charge in [0.1, 0.15) is 0 Å². The van der Waals surface area contributed by atoms with Gasteiger partial charge in [-0.2, -0.15) is 4.98 Å². The molecule has 2 aromatic heterocycles. The molecule has 0 bridgehead atoms. The van der Waals surface area contributed by atoms with E-state index in [-0.39, 0.29) is 17.7 Å². The average molecular weight is 388 g/mol. The third-order valence-electron chi connectivity index (χ3n) is 5.41. The van der Waals surface area contributed by atoms with Crippen LogP contribution < -0.4 is 0 Å². The Morgan fingerprint density at radius 1 is 1.07 bits per heavy atom. The van der Waals surface area contributed by atoms with E-state index < -0.39 is 0 Å². The summed E-state index contributed by atoms with van der Waals surface area (Å²) >= 11 is 1.47. The number of carbonyl (C=O) groups is 2. The predicted octanol–water partition coefficient (Wildman–Crippen LogP) is 1.09. The van der Waals surface area contributed by atoms with Gasteiger partial charge in [-0.05, 0) is 32.9 Å². The standard InChI is InChI=1S/C18H24N6O2S/c1-11-14(12(2)24-17(19-11)20-18(21-24)27-3)10-15(25)22-6-8-23(9-7-22)16(26)13-4-5-13/h13H,4-10H2,1-3H3. The fourth-order valence-electron chi connectivity index (χ4n) is 3.56. The van der Waals surface area contributed by atoms with Crippen LogP contribution in [-0.2, 0) is 16.0 Å². The zero-order valence-electron chi connectivity index (χ0n) is 15.9. The highest BCUT2D eigenvalue weighted by atomic mass is 32.2. The summed E-state index contributed by atoms with van der Waals surface area (Å²) in [4.78, 5) is 37.7. The molecule has 1 aliphatic carbocycles. The third kappa shape index (κ3) is 3.52. The zero-order valence-corrected chi connectivity index (χ0v) is 16.8. The summed E-state index contributed by atoms with van der Waals surface area (Å²) < 4.78 is 1.72. The highest BCUT2D eigenvalue weighted by Gasteiger charge is 2.35. The smallest absolute Gasteiger partial charge is 0.253 e. The van der Waals surface area contributed by atoms with Crippen LogP contribution in [-0.4, -0.2) is 73.6 Å². The van der Waals surface area contributed by atoms with Gasteiger partial charge in [0.05, 0.1) is 6.42 Å². The van der Waals surface area contributed by atoms with Crippen LogP contribution in [0.15, 0.2) is 5.16 Å². The SMILES string of the molecule is CSc1nc2nc(C)c(CC(=O)N3CCN(C(=O)C4CC4)CC3)c(C)n2n1. The Morgan fingerprint density at radius 3 is 2.37 bits per heavy atom. The fraction of sp³-hybridized carbons (Fsp3) is 0.611. The van der Waals surface area contributed by atoms with Gasteiger partial charge in [-0.1, -0.05) is 11.8 Å². The van der Waals surface area contributed by atoms with Gasteiger partial charge in [-0.25, -0.2) is 9.50 Å². The van der Waals surface area contributed by atoms with Crippen molar-refractivity contribution in [2.75, 3.05) is 32.4 Å². The summed E-state index contributed by atoms with van der Waals surface area (Å²) in [6.07, 6.45) is 4.26. The van der Waals surface area contributed by atoms with Gasteiger partial charge in [-0.3, -0.25) is 9.59 Å². The lowest BCUT2D eigenvalue weighted by Gasteiger charge is -2.35. The number of rotatable bonds is 4. The molecule has 0 N–H and O–H groups in total. The second-order valence-corrected chi connectivity index (χ2v) is 8.00. The molecule has 8 nitrogen and oxygen atoms in total. The van der Waals surface area contributed by atoms with Crippen molar-refractivity contribution in [3.63, 3.8) is 0 Å².